The number of benzene rings is 1. The minimum Gasteiger partial charge on any atom is -0.485 e. The van der Waals surface area contributed by atoms with Gasteiger partial charge in [-0.3, -0.25) is 14.4 Å². The fraction of sp³-hybridized carbons (Fsp3) is 0.571. The Balaban J connectivity index is 1.70. The van der Waals surface area contributed by atoms with Crippen molar-refractivity contribution < 1.29 is 19.1 Å². The Morgan fingerprint density at radius 3 is 2.54 bits per heavy atom. The summed E-state index contributed by atoms with van der Waals surface area (Å²) in [5, 5.41) is 2.56. The molecule has 1 aliphatic carbocycles. The number of rotatable bonds is 3. The molecule has 0 unspecified atom stereocenters. The number of nitrogens with zero attached hydrogens (tertiary/aromatic N) is 2. The van der Waals surface area contributed by atoms with Crippen molar-refractivity contribution in [2.75, 3.05) is 20.1 Å². The van der Waals surface area contributed by atoms with Gasteiger partial charge in [-0.2, -0.15) is 0 Å². The van der Waals surface area contributed by atoms with E-state index in [0.29, 0.717) is 13.1 Å². The predicted octanol–water partition coefficient (Wildman–Crippen LogP) is 1.70. The Morgan fingerprint density at radius 1 is 1.21 bits per heavy atom. The molecule has 1 spiro atoms. The number of amides is 3. The SMILES string of the molecule is CC(=O)NCC(=O)N(C)C1CCC2(CC1)CN(C(C)=O)Cc1ccccc1O2. The highest BCUT2D eigenvalue weighted by Crippen LogP contribution is 2.39. The van der Waals surface area contributed by atoms with Gasteiger partial charge >= 0.3 is 0 Å². The van der Waals surface area contributed by atoms with Crippen molar-refractivity contribution >= 4 is 17.7 Å². The van der Waals surface area contributed by atoms with Crippen LogP contribution in [0.4, 0.5) is 0 Å². The van der Waals surface area contributed by atoms with E-state index in [9.17, 15) is 14.4 Å². The molecule has 152 valence electrons. The Kier molecular flexibility index (Phi) is 5.91. The first-order valence-electron chi connectivity index (χ1n) is 9.82. The predicted molar refractivity (Wildman–Crippen MR) is 105 cm³/mol. The van der Waals surface area contributed by atoms with E-state index in [1.54, 1.807) is 18.9 Å². The Bertz CT molecular complexity index is 756. The standard InChI is InChI=1S/C21H29N3O4/c1-15(25)22-12-20(27)23(3)18-8-10-21(11-9-18)14-24(16(2)26)13-17-6-4-5-7-19(17)28-21/h4-7,18H,8-14H2,1-3H3,(H,22,25). The quantitative estimate of drug-likeness (QED) is 0.856. The first-order valence-corrected chi connectivity index (χ1v) is 9.82. The Morgan fingerprint density at radius 2 is 1.89 bits per heavy atom. The molecule has 1 heterocycles. The van der Waals surface area contributed by atoms with E-state index in [1.807, 2.05) is 29.2 Å². The summed E-state index contributed by atoms with van der Waals surface area (Å²) in [6, 6.07) is 8.00. The monoisotopic (exact) mass is 387 g/mol. The molecule has 0 bridgehead atoms. The van der Waals surface area contributed by atoms with E-state index < -0.39 is 5.60 Å². The molecule has 1 aliphatic heterocycles. The maximum absolute atomic E-state index is 12.3. The van der Waals surface area contributed by atoms with E-state index >= 15 is 0 Å². The van der Waals surface area contributed by atoms with E-state index in [-0.39, 0.29) is 30.3 Å². The van der Waals surface area contributed by atoms with Crippen LogP contribution in [-0.2, 0) is 20.9 Å². The number of ether oxygens (including phenoxy) is 1. The minimum absolute atomic E-state index is 0.0233. The van der Waals surface area contributed by atoms with Crippen LogP contribution in [0.25, 0.3) is 0 Å². The largest absolute Gasteiger partial charge is 0.485 e. The number of carbonyl (C=O) groups is 3. The summed E-state index contributed by atoms with van der Waals surface area (Å²) < 4.78 is 6.48. The van der Waals surface area contributed by atoms with Crippen LogP contribution >= 0.6 is 0 Å². The van der Waals surface area contributed by atoms with E-state index in [1.165, 1.54) is 6.92 Å². The van der Waals surface area contributed by atoms with Gasteiger partial charge in [0.15, 0.2) is 0 Å². The molecule has 0 saturated heterocycles. The van der Waals surface area contributed by atoms with E-state index in [4.69, 9.17) is 4.74 Å². The maximum atomic E-state index is 12.3. The lowest BCUT2D eigenvalue weighted by atomic mass is 9.81. The molecule has 1 aromatic carbocycles. The zero-order valence-corrected chi connectivity index (χ0v) is 16.9. The summed E-state index contributed by atoms with van der Waals surface area (Å²) in [7, 11) is 1.79. The molecule has 7 nitrogen and oxygen atoms in total. The molecule has 1 aromatic rings. The van der Waals surface area contributed by atoms with Gasteiger partial charge in [0.05, 0.1) is 13.1 Å². The van der Waals surface area contributed by atoms with Gasteiger partial charge in [-0.1, -0.05) is 18.2 Å². The average Bonchev–Trinajstić information content (AvgIpc) is 2.83. The number of carbonyl (C=O) groups excluding carboxylic acids is 3. The van der Waals surface area contributed by atoms with Crippen LogP contribution in [0.5, 0.6) is 5.75 Å². The van der Waals surface area contributed by atoms with Crippen molar-refractivity contribution in [1.82, 2.24) is 15.1 Å². The smallest absolute Gasteiger partial charge is 0.241 e. The van der Waals surface area contributed by atoms with Crippen molar-refractivity contribution in [2.24, 2.45) is 0 Å². The first kappa shape index (κ1) is 20.2. The second-order valence-corrected chi connectivity index (χ2v) is 7.91. The van der Waals surface area contributed by atoms with Crippen molar-refractivity contribution in [1.29, 1.82) is 0 Å². The summed E-state index contributed by atoms with van der Waals surface area (Å²) in [5.74, 6) is 0.594. The molecule has 2 aliphatic rings. The fourth-order valence-corrected chi connectivity index (χ4v) is 4.14. The number of para-hydroxylation sites is 1. The highest BCUT2D eigenvalue weighted by molar-refractivity contribution is 5.83. The van der Waals surface area contributed by atoms with E-state index in [2.05, 4.69) is 5.32 Å². The number of hydrogen-bond acceptors (Lipinski definition) is 4. The van der Waals surface area contributed by atoms with Gasteiger partial charge in [0.25, 0.3) is 0 Å². The number of likely N-dealkylation sites (N-methyl/N-ethyl adjacent to an activating group) is 1. The molecule has 1 saturated carbocycles. The Hall–Kier alpha value is -2.57. The van der Waals surface area contributed by atoms with Crippen LogP contribution in [-0.4, -0.2) is 59.3 Å². The first-order chi connectivity index (χ1) is 13.3. The topological polar surface area (TPSA) is 79.0 Å². The lowest BCUT2D eigenvalue weighted by molar-refractivity contribution is -0.135. The van der Waals surface area contributed by atoms with Crippen LogP contribution in [0.1, 0.15) is 45.1 Å². The van der Waals surface area contributed by atoms with Crippen molar-refractivity contribution in [3.05, 3.63) is 29.8 Å². The van der Waals surface area contributed by atoms with Gasteiger partial charge in [-0.05, 0) is 31.7 Å². The van der Waals surface area contributed by atoms with Gasteiger partial charge in [-0.25, -0.2) is 0 Å². The third-order valence-electron chi connectivity index (χ3n) is 5.88. The van der Waals surface area contributed by atoms with Gasteiger partial charge in [0.1, 0.15) is 11.4 Å². The normalized spacial score (nSPS) is 24.0. The molecule has 0 atom stereocenters. The number of fused-ring (bicyclic) bond motifs is 1. The molecule has 1 N–H and O–H groups in total. The summed E-state index contributed by atoms with van der Waals surface area (Å²) in [4.78, 5) is 39.1. The van der Waals surface area contributed by atoms with Crippen LogP contribution in [0.3, 0.4) is 0 Å². The molecule has 1 fully saturated rings. The third-order valence-corrected chi connectivity index (χ3v) is 5.88. The van der Waals surface area contributed by atoms with Gasteiger partial charge in [0.2, 0.25) is 17.7 Å². The van der Waals surface area contributed by atoms with Crippen LogP contribution < -0.4 is 10.1 Å². The van der Waals surface area contributed by atoms with Gasteiger partial charge in [-0.15, -0.1) is 0 Å². The van der Waals surface area contributed by atoms with E-state index in [0.717, 1.165) is 37.0 Å². The lowest BCUT2D eigenvalue weighted by Crippen LogP contribution is -2.53. The zero-order chi connectivity index (χ0) is 20.3. The molecule has 3 rings (SSSR count). The number of nitrogens with one attached hydrogen (secondary N) is 1. The van der Waals surface area contributed by atoms with Crippen LogP contribution in [0.15, 0.2) is 24.3 Å². The second-order valence-electron chi connectivity index (χ2n) is 7.91. The average molecular weight is 387 g/mol. The van der Waals surface area contributed by atoms with Crippen LogP contribution in [0.2, 0.25) is 0 Å². The fourth-order valence-electron chi connectivity index (χ4n) is 4.14. The second kappa shape index (κ2) is 8.20. The molecule has 28 heavy (non-hydrogen) atoms. The summed E-state index contributed by atoms with van der Waals surface area (Å²) >= 11 is 0. The summed E-state index contributed by atoms with van der Waals surface area (Å²) in [6.07, 6.45) is 3.15. The summed E-state index contributed by atoms with van der Waals surface area (Å²) in [5.41, 5.74) is 0.607. The highest BCUT2D eigenvalue weighted by atomic mass is 16.5. The molecular weight excluding hydrogens is 358 g/mol. The van der Waals surface area contributed by atoms with Crippen molar-refractivity contribution in [2.45, 2.75) is 57.7 Å². The Labute approximate surface area is 166 Å². The molecule has 0 radical (unpaired) electrons. The molecule has 3 amide bonds. The van der Waals surface area contributed by atoms with Gasteiger partial charge < -0.3 is 19.9 Å². The summed E-state index contributed by atoms with van der Waals surface area (Å²) in [6.45, 7) is 4.15. The molecule has 0 aromatic heterocycles. The van der Waals surface area contributed by atoms with Crippen LogP contribution in [0, 0.1) is 0 Å². The third kappa shape index (κ3) is 4.46. The highest BCUT2D eigenvalue weighted by Gasteiger charge is 2.42. The zero-order valence-electron chi connectivity index (χ0n) is 16.9. The number of hydrogen-bond donors (Lipinski definition) is 1. The van der Waals surface area contributed by atoms with Gasteiger partial charge in [0, 0.05) is 39.0 Å². The molecular formula is C21H29N3O4. The van der Waals surface area contributed by atoms with Crippen molar-refractivity contribution in [3.8, 4) is 5.75 Å². The lowest BCUT2D eigenvalue weighted by Gasteiger charge is -2.43. The minimum atomic E-state index is -0.420. The van der Waals surface area contributed by atoms with Crippen molar-refractivity contribution in [3.63, 3.8) is 0 Å². The maximum Gasteiger partial charge on any atom is 0.241 e. The molecule has 7 heteroatoms.